The third-order valence-corrected chi connectivity index (χ3v) is 6.17. The summed E-state index contributed by atoms with van der Waals surface area (Å²) >= 11 is 0. The van der Waals surface area contributed by atoms with Gasteiger partial charge in [0, 0.05) is 25.4 Å². The second-order valence-electron chi connectivity index (χ2n) is 7.35. The standard InChI is InChI=1S/C18H28O4/c1-22-18-9-8-16(20)14(15(18)11-17(18)21)7-6-13(19)10-12-4-2-3-5-12/h6-7,12-16,19-20H,2-5,8-11H2,1H3/b7-6+/t13-,14-,15-,16-,18-/m0/s1. The van der Waals surface area contributed by atoms with Crippen molar-refractivity contribution in [2.75, 3.05) is 7.11 Å². The molecule has 0 spiro atoms. The largest absolute Gasteiger partial charge is 0.393 e. The van der Waals surface area contributed by atoms with E-state index in [0.717, 1.165) is 6.42 Å². The van der Waals surface area contributed by atoms with Gasteiger partial charge in [-0.1, -0.05) is 37.8 Å². The quantitative estimate of drug-likeness (QED) is 0.764. The van der Waals surface area contributed by atoms with Crippen LogP contribution in [0.25, 0.3) is 0 Å². The Balaban J connectivity index is 1.62. The number of hydrogen-bond donors (Lipinski definition) is 2. The van der Waals surface area contributed by atoms with Gasteiger partial charge in [-0.2, -0.15) is 0 Å². The Bertz CT molecular complexity index is 440. The maximum Gasteiger partial charge on any atom is 0.165 e. The SMILES string of the molecule is CO[C@@]12CC[C@H](O)[C@@H](/C=C/[C@H](O)CC3CCCC3)[C@@H]1CC2=O. The lowest BCUT2D eigenvalue weighted by molar-refractivity contribution is -0.191. The summed E-state index contributed by atoms with van der Waals surface area (Å²) in [6, 6.07) is 0. The van der Waals surface area contributed by atoms with Gasteiger partial charge in [0.2, 0.25) is 0 Å². The first kappa shape index (κ1) is 16.2. The summed E-state index contributed by atoms with van der Waals surface area (Å²) in [6.45, 7) is 0. The van der Waals surface area contributed by atoms with E-state index < -0.39 is 17.8 Å². The number of ketones is 1. The first-order valence-corrected chi connectivity index (χ1v) is 8.69. The van der Waals surface area contributed by atoms with E-state index in [4.69, 9.17) is 4.74 Å². The molecule has 2 N–H and O–H groups in total. The third-order valence-electron chi connectivity index (χ3n) is 6.17. The zero-order chi connectivity index (χ0) is 15.7. The van der Waals surface area contributed by atoms with Crippen LogP contribution in [-0.2, 0) is 9.53 Å². The van der Waals surface area contributed by atoms with Gasteiger partial charge in [0.15, 0.2) is 5.78 Å². The van der Waals surface area contributed by atoms with Gasteiger partial charge in [0.25, 0.3) is 0 Å². The van der Waals surface area contributed by atoms with Crippen molar-refractivity contribution in [3.8, 4) is 0 Å². The molecule has 0 saturated heterocycles. The summed E-state index contributed by atoms with van der Waals surface area (Å²) in [5.41, 5.74) is -0.676. The summed E-state index contributed by atoms with van der Waals surface area (Å²) in [7, 11) is 1.59. The molecule has 0 aromatic carbocycles. The number of carbonyl (C=O) groups is 1. The molecule has 0 unspecified atom stereocenters. The van der Waals surface area contributed by atoms with E-state index in [-0.39, 0.29) is 17.6 Å². The number of fused-ring (bicyclic) bond motifs is 1. The van der Waals surface area contributed by atoms with Gasteiger partial charge in [0.1, 0.15) is 5.60 Å². The highest BCUT2D eigenvalue weighted by Crippen LogP contribution is 2.51. The molecule has 5 atom stereocenters. The third kappa shape index (κ3) is 2.77. The van der Waals surface area contributed by atoms with Crippen LogP contribution in [0.2, 0.25) is 0 Å². The Hall–Kier alpha value is -0.710. The molecular weight excluding hydrogens is 280 g/mol. The number of Topliss-reactive ketones (excluding diaryl/α,β-unsaturated/α-hetero) is 1. The van der Waals surface area contributed by atoms with Crippen molar-refractivity contribution in [1.29, 1.82) is 0 Å². The molecule has 0 heterocycles. The molecule has 0 bridgehead atoms. The van der Waals surface area contributed by atoms with E-state index in [1.807, 2.05) is 12.2 Å². The Morgan fingerprint density at radius 1 is 1.36 bits per heavy atom. The van der Waals surface area contributed by atoms with Gasteiger partial charge < -0.3 is 14.9 Å². The average Bonchev–Trinajstić information content (AvgIpc) is 2.99. The van der Waals surface area contributed by atoms with Crippen LogP contribution in [0.1, 0.15) is 51.4 Å². The lowest BCUT2D eigenvalue weighted by atomic mass is 9.55. The fraction of sp³-hybridized carbons (Fsp3) is 0.833. The molecule has 3 aliphatic carbocycles. The summed E-state index contributed by atoms with van der Waals surface area (Å²) in [6.07, 6.45) is 10.4. The predicted octanol–water partition coefficient (Wildman–Crippen LogP) is 2.23. The molecule has 4 heteroatoms. The van der Waals surface area contributed by atoms with Gasteiger partial charge in [-0.25, -0.2) is 0 Å². The van der Waals surface area contributed by atoms with E-state index in [1.165, 1.54) is 25.7 Å². The number of methoxy groups -OCH3 is 1. The predicted molar refractivity (Wildman–Crippen MR) is 83.3 cm³/mol. The molecule has 3 fully saturated rings. The minimum atomic E-state index is -0.676. The lowest BCUT2D eigenvalue weighted by Gasteiger charge is -2.54. The number of ether oxygens (including phenoxy) is 1. The fourth-order valence-corrected chi connectivity index (χ4v) is 4.76. The lowest BCUT2D eigenvalue weighted by Crippen LogP contribution is -2.64. The normalized spacial score (nSPS) is 40.7. The zero-order valence-corrected chi connectivity index (χ0v) is 13.4. The van der Waals surface area contributed by atoms with Crippen molar-refractivity contribution in [3.05, 3.63) is 12.2 Å². The van der Waals surface area contributed by atoms with E-state index in [1.54, 1.807) is 7.11 Å². The van der Waals surface area contributed by atoms with Crippen molar-refractivity contribution in [2.45, 2.75) is 69.2 Å². The van der Waals surface area contributed by atoms with Crippen LogP contribution in [0.4, 0.5) is 0 Å². The Morgan fingerprint density at radius 3 is 2.73 bits per heavy atom. The Kier molecular flexibility index (Phi) is 4.72. The Labute approximate surface area is 132 Å². The molecule has 124 valence electrons. The highest BCUT2D eigenvalue weighted by molar-refractivity contribution is 5.94. The molecule has 0 amide bonds. The highest BCUT2D eigenvalue weighted by Gasteiger charge is 2.60. The number of aliphatic hydroxyl groups is 2. The van der Waals surface area contributed by atoms with Crippen molar-refractivity contribution in [2.24, 2.45) is 17.8 Å². The molecule has 3 aliphatic rings. The van der Waals surface area contributed by atoms with Crippen LogP contribution >= 0.6 is 0 Å². The maximum absolute atomic E-state index is 12.0. The number of hydrogen-bond acceptors (Lipinski definition) is 4. The van der Waals surface area contributed by atoms with Crippen LogP contribution in [0, 0.1) is 17.8 Å². The fourth-order valence-electron chi connectivity index (χ4n) is 4.76. The van der Waals surface area contributed by atoms with Crippen LogP contribution in [0.5, 0.6) is 0 Å². The highest BCUT2D eigenvalue weighted by atomic mass is 16.5. The molecule has 0 aliphatic heterocycles. The molecule has 0 radical (unpaired) electrons. The number of aliphatic hydroxyl groups excluding tert-OH is 2. The minimum Gasteiger partial charge on any atom is -0.393 e. The Morgan fingerprint density at radius 2 is 2.09 bits per heavy atom. The van der Waals surface area contributed by atoms with Crippen LogP contribution in [0.15, 0.2) is 12.2 Å². The monoisotopic (exact) mass is 308 g/mol. The van der Waals surface area contributed by atoms with Crippen LogP contribution in [-0.4, -0.2) is 40.9 Å². The van der Waals surface area contributed by atoms with Crippen molar-refractivity contribution in [3.63, 3.8) is 0 Å². The maximum atomic E-state index is 12.0. The number of rotatable bonds is 5. The van der Waals surface area contributed by atoms with Gasteiger partial charge in [0.05, 0.1) is 12.2 Å². The van der Waals surface area contributed by atoms with Crippen molar-refractivity contribution < 1.29 is 19.7 Å². The average molecular weight is 308 g/mol. The van der Waals surface area contributed by atoms with Gasteiger partial charge >= 0.3 is 0 Å². The van der Waals surface area contributed by atoms with E-state index in [0.29, 0.717) is 25.2 Å². The second kappa shape index (κ2) is 6.42. The van der Waals surface area contributed by atoms with Gasteiger partial charge in [-0.3, -0.25) is 4.79 Å². The molecule has 22 heavy (non-hydrogen) atoms. The summed E-state index contributed by atoms with van der Waals surface area (Å²) in [5.74, 6) is 0.782. The first-order chi connectivity index (χ1) is 10.6. The molecule has 0 aromatic heterocycles. The van der Waals surface area contributed by atoms with Crippen molar-refractivity contribution >= 4 is 5.78 Å². The minimum absolute atomic E-state index is 0.0590. The van der Waals surface area contributed by atoms with Crippen LogP contribution < -0.4 is 0 Å². The summed E-state index contributed by atoms with van der Waals surface area (Å²) < 4.78 is 5.53. The molecule has 0 aromatic rings. The molecule has 3 saturated carbocycles. The summed E-state index contributed by atoms with van der Waals surface area (Å²) in [4.78, 5) is 12.0. The van der Waals surface area contributed by atoms with Gasteiger partial charge in [-0.15, -0.1) is 0 Å². The van der Waals surface area contributed by atoms with Gasteiger partial charge in [-0.05, 0) is 25.2 Å². The first-order valence-electron chi connectivity index (χ1n) is 8.69. The second-order valence-corrected chi connectivity index (χ2v) is 7.35. The van der Waals surface area contributed by atoms with E-state index in [9.17, 15) is 15.0 Å². The smallest absolute Gasteiger partial charge is 0.165 e. The topological polar surface area (TPSA) is 66.8 Å². The van der Waals surface area contributed by atoms with E-state index in [2.05, 4.69) is 0 Å². The van der Waals surface area contributed by atoms with Crippen LogP contribution in [0.3, 0.4) is 0 Å². The van der Waals surface area contributed by atoms with Crippen molar-refractivity contribution in [1.82, 2.24) is 0 Å². The molecular formula is C18H28O4. The zero-order valence-electron chi connectivity index (χ0n) is 13.4. The summed E-state index contributed by atoms with van der Waals surface area (Å²) in [5, 5.41) is 20.5. The molecule has 4 nitrogen and oxygen atoms in total. The van der Waals surface area contributed by atoms with E-state index >= 15 is 0 Å². The molecule has 3 rings (SSSR count). The number of carbonyl (C=O) groups excluding carboxylic acids is 1.